The highest BCUT2D eigenvalue weighted by molar-refractivity contribution is 9.10. The molecule has 0 aliphatic heterocycles. The van der Waals surface area contributed by atoms with Crippen LogP contribution in [0.15, 0.2) is 46.4 Å². The first-order valence-electron chi connectivity index (χ1n) is 6.41. The summed E-state index contributed by atoms with van der Waals surface area (Å²) in [6.45, 7) is 0.698. The summed E-state index contributed by atoms with van der Waals surface area (Å²) < 4.78 is 6.25. The van der Waals surface area contributed by atoms with Crippen LogP contribution in [0.3, 0.4) is 0 Å². The number of hydrogen-bond donors (Lipinski definition) is 2. The van der Waals surface area contributed by atoms with Gasteiger partial charge in [0.05, 0.1) is 23.9 Å². The smallest absolute Gasteiger partial charge is 0.122 e. The lowest BCUT2D eigenvalue weighted by molar-refractivity contribution is 0.414. The van der Waals surface area contributed by atoms with Crippen LogP contribution in [0.4, 0.5) is 5.69 Å². The highest BCUT2D eigenvalue weighted by atomic mass is 79.9. The summed E-state index contributed by atoms with van der Waals surface area (Å²) in [6, 6.07) is 10.0. The van der Waals surface area contributed by atoms with Gasteiger partial charge in [-0.25, -0.2) is 0 Å². The van der Waals surface area contributed by atoms with Gasteiger partial charge in [-0.05, 0) is 23.6 Å². The van der Waals surface area contributed by atoms with Crippen molar-refractivity contribution in [2.75, 3.05) is 12.4 Å². The van der Waals surface area contributed by atoms with E-state index in [1.165, 1.54) is 4.88 Å². The zero-order valence-corrected chi connectivity index (χ0v) is 13.8. The molecule has 2 aromatic heterocycles. The molecule has 0 saturated heterocycles. The van der Waals surface area contributed by atoms with Crippen molar-refractivity contribution in [3.63, 3.8) is 0 Å². The van der Waals surface area contributed by atoms with E-state index in [0.717, 1.165) is 27.2 Å². The molecule has 0 radical (unpaired) electrons. The standard InChI is InChI=1S/C15H14BrN3OS/c1-20-13-6-11(16)5-12(7-13)17-8-10-9-18-19-15(10)14-3-2-4-21-14/h2-7,9,17H,8H2,1H3,(H,18,19). The number of nitrogens with zero attached hydrogens (tertiary/aromatic N) is 1. The van der Waals surface area contributed by atoms with E-state index in [-0.39, 0.29) is 0 Å². The van der Waals surface area contributed by atoms with Crippen LogP contribution < -0.4 is 10.1 Å². The van der Waals surface area contributed by atoms with E-state index in [2.05, 4.69) is 42.9 Å². The van der Waals surface area contributed by atoms with Crippen LogP contribution in [0.1, 0.15) is 5.56 Å². The molecule has 2 N–H and O–H groups in total. The van der Waals surface area contributed by atoms with Gasteiger partial charge in [0.15, 0.2) is 0 Å². The molecule has 0 unspecified atom stereocenters. The third-order valence-electron chi connectivity index (χ3n) is 3.08. The number of H-pyrrole nitrogens is 1. The van der Waals surface area contributed by atoms with Crippen LogP contribution in [-0.4, -0.2) is 17.3 Å². The maximum absolute atomic E-state index is 5.27. The molecular formula is C15H14BrN3OS. The number of rotatable bonds is 5. The molecule has 108 valence electrons. The lowest BCUT2D eigenvalue weighted by Gasteiger charge is -2.09. The molecule has 0 amide bonds. The number of nitrogens with one attached hydrogen (secondary N) is 2. The van der Waals surface area contributed by atoms with Gasteiger partial charge in [0, 0.05) is 28.3 Å². The Bertz CT molecular complexity index is 724. The molecular weight excluding hydrogens is 350 g/mol. The van der Waals surface area contributed by atoms with Crippen LogP contribution in [0.5, 0.6) is 5.75 Å². The molecule has 0 fully saturated rings. The van der Waals surface area contributed by atoms with Gasteiger partial charge < -0.3 is 10.1 Å². The molecule has 3 rings (SSSR count). The van der Waals surface area contributed by atoms with E-state index < -0.39 is 0 Å². The average Bonchev–Trinajstić information content (AvgIpc) is 3.15. The molecule has 0 bridgehead atoms. The molecule has 3 aromatic rings. The summed E-state index contributed by atoms with van der Waals surface area (Å²) in [5, 5.41) is 12.7. The second kappa shape index (κ2) is 6.32. The Kier molecular flexibility index (Phi) is 4.26. The molecule has 2 heterocycles. The average molecular weight is 364 g/mol. The van der Waals surface area contributed by atoms with Crippen LogP contribution in [0, 0.1) is 0 Å². The van der Waals surface area contributed by atoms with Crippen molar-refractivity contribution >= 4 is 33.0 Å². The van der Waals surface area contributed by atoms with Gasteiger partial charge in [0.25, 0.3) is 0 Å². The summed E-state index contributed by atoms with van der Waals surface area (Å²) in [7, 11) is 1.66. The third kappa shape index (κ3) is 3.28. The molecule has 21 heavy (non-hydrogen) atoms. The third-order valence-corrected chi connectivity index (χ3v) is 4.42. The molecule has 0 spiro atoms. The fourth-order valence-corrected chi connectivity index (χ4v) is 3.29. The van der Waals surface area contributed by atoms with Gasteiger partial charge in [-0.1, -0.05) is 22.0 Å². The van der Waals surface area contributed by atoms with Crippen molar-refractivity contribution in [3.05, 3.63) is 51.9 Å². The summed E-state index contributed by atoms with van der Waals surface area (Å²) >= 11 is 5.18. The lowest BCUT2D eigenvalue weighted by atomic mass is 10.2. The van der Waals surface area contributed by atoms with E-state index >= 15 is 0 Å². The fourth-order valence-electron chi connectivity index (χ4n) is 2.06. The van der Waals surface area contributed by atoms with E-state index in [1.54, 1.807) is 18.4 Å². The minimum absolute atomic E-state index is 0.698. The predicted octanol–water partition coefficient (Wildman–Crippen LogP) is 4.52. The monoisotopic (exact) mass is 363 g/mol. The van der Waals surface area contributed by atoms with Crippen molar-refractivity contribution in [2.45, 2.75) is 6.54 Å². The number of aromatic nitrogens is 2. The molecule has 1 aromatic carbocycles. The topological polar surface area (TPSA) is 49.9 Å². The Morgan fingerprint density at radius 2 is 2.29 bits per heavy atom. The second-order valence-corrected chi connectivity index (χ2v) is 6.34. The first-order valence-corrected chi connectivity index (χ1v) is 8.08. The number of anilines is 1. The number of benzene rings is 1. The summed E-state index contributed by atoms with van der Waals surface area (Å²) in [6.07, 6.45) is 1.86. The minimum atomic E-state index is 0.698. The zero-order valence-electron chi connectivity index (χ0n) is 11.4. The molecule has 0 aliphatic carbocycles. The Labute approximate surface area is 135 Å². The van der Waals surface area contributed by atoms with Gasteiger partial charge >= 0.3 is 0 Å². The van der Waals surface area contributed by atoms with Crippen LogP contribution in [0.25, 0.3) is 10.6 Å². The van der Waals surface area contributed by atoms with Gasteiger partial charge in [0.2, 0.25) is 0 Å². The first kappa shape index (κ1) is 14.2. The fraction of sp³-hybridized carbons (Fsp3) is 0.133. The number of methoxy groups -OCH3 is 1. The Balaban J connectivity index is 1.77. The zero-order chi connectivity index (χ0) is 14.7. The number of halogens is 1. The van der Waals surface area contributed by atoms with Gasteiger partial charge in [-0.15, -0.1) is 11.3 Å². The predicted molar refractivity (Wildman–Crippen MR) is 89.9 cm³/mol. The lowest BCUT2D eigenvalue weighted by Crippen LogP contribution is -2.00. The SMILES string of the molecule is COc1cc(Br)cc(NCc2cn[nH]c2-c2cccs2)c1. The number of hydrogen-bond acceptors (Lipinski definition) is 4. The largest absolute Gasteiger partial charge is 0.497 e. The van der Waals surface area contributed by atoms with Gasteiger partial charge in [0.1, 0.15) is 5.75 Å². The highest BCUT2D eigenvalue weighted by Gasteiger charge is 2.08. The highest BCUT2D eigenvalue weighted by Crippen LogP contribution is 2.28. The summed E-state index contributed by atoms with van der Waals surface area (Å²) in [5.41, 5.74) is 3.20. The number of ether oxygens (including phenoxy) is 1. The molecule has 0 saturated carbocycles. The van der Waals surface area contributed by atoms with Crippen molar-refractivity contribution in [2.24, 2.45) is 0 Å². The van der Waals surface area contributed by atoms with E-state index in [9.17, 15) is 0 Å². The van der Waals surface area contributed by atoms with E-state index in [0.29, 0.717) is 6.54 Å². The quantitative estimate of drug-likeness (QED) is 0.700. The Hall–Kier alpha value is -1.79. The van der Waals surface area contributed by atoms with Crippen molar-refractivity contribution < 1.29 is 4.74 Å². The van der Waals surface area contributed by atoms with Gasteiger partial charge in [-0.3, -0.25) is 5.10 Å². The van der Waals surface area contributed by atoms with E-state index in [1.807, 2.05) is 30.5 Å². The normalized spacial score (nSPS) is 10.6. The first-order chi connectivity index (χ1) is 10.3. The number of thiophene rings is 1. The molecule has 4 nitrogen and oxygen atoms in total. The molecule has 6 heteroatoms. The summed E-state index contributed by atoms with van der Waals surface area (Å²) in [5.74, 6) is 0.817. The maximum atomic E-state index is 5.27. The van der Waals surface area contributed by atoms with Crippen molar-refractivity contribution in [3.8, 4) is 16.3 Å². The maximum Gasteiger partial charge on any atom is 0.122 e. The van der Waals surface area contributed by atoms with Crippen LogP contribution in [-0.2, 0) is 6.54 Å². The van der Waals surface area contributed by atoms with Crippen LogP contribution >= 0.6 is 27.3 Å². The van der Waals surface area contributed by atoms with E-state index in [4.69, 9.17) is 4.74 Å². The minimum Gasteiger partial charge on any atom is -0.497 e. The van der Waals surface area contributed by atoms with Crippen molar-refractivity contribution in [1.29, 1.82) is 0 Å². The van der Waals surface area contributed by atoms with Crippen molar-refractivity contribution in [1.82, 2.24) is 10.2 Å². The Morgan fingerprint density at radius 3 is 3.05 bits per heavy atom. The second-order valence-electron chi connectivity index (χ2n) is 4.48. The summed E-state index contributed by atoms with van der Waals surface area (Å²) in [4.78, 5) is 1.19. The molecule has 0 aliphatic rings. The number of aromatic amines is 1. The Morgan fingerprint density at radius 1 is 1.38 bits per heavy atom. The van der Waals surface area contributed by atoms with Gasteiger partial charge in [-0.2, -0.15) is 5.10 Å². The molecule has 0 atom stereocenters. The van der Waals surface area contributed by atoms with Crippen LogP contribution in [0.2, 0.25) is 0 Å².